The van der Waals surface area contributed by atoms with Gasteiger partial charge in [-0.25, -0.2) is 4.79 Å². The molecule has 1 fully saturated rings. The third-order valence-corrected chi connectivity index (χ3v) is 6.87. The number of hydrogen-bond donors (Lipinski definition) is 1. The SMILES string of the molecule is COc1c(O)c2c(c3c(=O)occc13)CC[C@H]1C(C)(C)CCC[C@]21C. The van der Waals surface area contributed by atoms with E-state index in [1.54, 1.807) is 13.2 Å². The Kier molecular flexibility index (Phi) is 3.47. The second-order valence-electron chi connectivity index (χ2n) is 8.58. The monoisotopic (exact) mass is 342 g/mol. The summed E-state index contributed by atoms with van der Waals surface area (Å²) in [7, 11) is 1.54. The molecule has 25 heavy (non-hydrogen) atoms. The van der Waals surface area contributed by atoms with Gasteiger partial charge in [-0.2, -0.15) is 0 Å². The van der Waals surface area contributed by atoms with E-state index in [0.717, 1.165) is 36.8 Å². The minimum Gasteiger partial charge on any atom is -0.504 e. The molecule has 0 unspecified atom stereocenters. The maximum Gasteiger partial charge on any atom is 0.343 e. The predicted molar refractivity (Wildman–Crippen MR) is 97.5 cm³/mol. The summed E-state index contributed by atoms with van der Waals surface area (Å²) in [6.45, 7) is 6.93. The third-order valence-electron chi connectivity index (χ3n) is 6.87. The second kappa shape index (κ2) is 5.26. The number of phenolic OH excluding ortho intramolecular Hbond substituents is 1. The highest BCUT2D eigenvalue weighted by molar-refractivity contribution is 5.94. The molecule has 2 aliphatic carbocycles. The third kappa shape index (κ3) is 2.09. The maximum absolute atomic E-state index is 12.5. The van der Waals surface area contributed by atoms with Gasteiger partial charge in [0.1, 0.15) is 0 Å². The molecule has 4 nitrogen and oxygen atoms in total. The van der Waals surface area contributed by atoms with Crippen LogP contribution in [0, 0.1) is 11.3 Å². The molecule has 1 N–H and O–H groups in total. The number of aromatic hydroxyl groups is 1. The van der Waals surface area contributed by atoms with Gasteiger partial charge in [-0.05, 0) is 54.1 Å². The fraction of sp³-hybridized carbons (Fsp3) is 0.571. The number of aryl methyl sites for hydroxylation is 1. The fourth-order valence-electron chi connectivity index (χ4n) is 5.89. The Labute approximate surface area is 147 Å². The first kappa shape index (κ1) is 16.5. The summed E-state index contributed by atoms with van der Waals surface area (Å²) in [6, 6.07) is 1.72. The van der Waals surface area contributed by atoms with Crippen LogP contribution in [0.4, 0.5) is 0 Å². The first-order valence-electron chi connectivity index (χ1n) is 9.15. The van der Waals surface area contributed by atoms with Crippen molar-refractivity contribution in [2.24, 2.45) is 11.3 Å². The smallest absolute Gasteiger partial charge is 0.343 e. The van der Waals surface area contributed by atoms with E-state index in [-0.39, 0.29) is 22.2 Å². The number of fused-ring (bicyclic) bond motifs is 5. The summed E-state index contributed by atoms with van der Waals surface area (Å²) in [4.78, 5) is 12.5. The maximum atomic E-state index is 12.5. The van der Waals surface area contributed by atoms with Gasteiger partial charge in [0.2, 0.25) is 0 Å². The van der Waals surface area contributed by atoms with Gasteiger partial charge >= 0.3 is 5.63 Å². The second-order valence-corrected chi connectivity index (χ2v) is 8.58. The predicted octanol–water partition coefficient (Wildman–Crippen LogP) is 4.54. The number of methoxy groups -OCH3 is 1. The number of rotatable bonds is 1. The van der Waals surface area contributed by atoms with E-state index in [0.29, 0.717) is 22.4 Å². The van der Waals surface area contributed by atoms with E-state index in [1.165, 1.54) is 12.7 Å². The van der Waals surface area contributed by atoms with Gasteiger partial charge in [0.25, 0.3) is 0 Å². The van der Waals surface area contributed by atoms with Crippen LogP contribution in [-0.4, -0.2) is 12.2 Å². The van der Waals surface area contributed by atoms with Crippen LogP contribution in [0.2, 0.25) is 0 Å². The highest BCUT2D eigenvalue weighted by Crippen LogP contribution is 2.60. The first-order chi connectivity index (χ1) is 11.8. The molecule has 0 spiro atoms. The average Bonchev–Trinajstić information content (AvgIpc) is 2.53. The Hall–Kier alpha value is -1.97. The largest absolute Gasteiger partial charge is 0.504 e. The summed E-state index contributed by atoms with van der Waals surface area (Å²) in [5, 5.41) is 12.4. The lowest BCUT2D eigenvalue weighted by Crippen LogP contribution is -2.48. The average molecular weight is 342 g/mol. The van der Waals surface area contributed by atoms with E-state index in [4.69, 9.17) is 9.15 Å². The van der Waals surface area contributed by atoms with Gasteiger partial charge < -0.3 is 14.3 Å². The van der Waals surface area contributed by atoms with Crippen LogP contribution in [0.15, 0.2) is 21.5 Å². The van der Waals surface area contributed by atoms with Crippen molar-refractivity contribution in [3.05, 3.63) is 33.9 Å². The number of ether oxygens (including phenoxy) is 1. The summed E-state index contributed by atoms with van der Waals surface area (Å²) in [5.74, 6) is 1.08. The topological polar surface area (TPSA) is 59.7 Å². The van der Waals surface area contributed by atoms with Gasteiger partial charge in [-0.1, -0.05) is 27.2 Å². The normalized spacial score (nSPS) is 27.6. The van der Waals surface area contributed by atoms with Crippen molar-refractivity contribution < 1.29 is 14.3 Å². The lowest BCUT2D eigenvalue weighted by atomic mass is 9.50. The number of phenols is 1. The molecule has 1 heterocycles. The highest BCUT2D eigenvalue weighted by atomic mass is 16.5. The molecule has 2 atom stereocenters. The summed E-state index contributed by atoms with van der Waals surface area (Å²) < 4.78 is 10.7. The van der Waals surface area contributed by atoms with Crippen molar-refractivity contribution in [3.63, 3.8) is 0 Å². The quantitative estimate of drug-likeness (QED) is 0.827. The zero-order valence-electron chi connectivity index (χ0n) is 15.4. The van der Waals surface area contributed by atoms with Crippen molar-refractivity contribution in [3.8, 4) is 11.5 Å². The molecule has 2 aliphatic rings. The van der Waals surface area contributed by atoms with Crippen LogP contribution in [0.3, 0.4) is 0 Å². The van der Waals surface area contributed by atoms with Crippen LogP contribution in [-0.2, 0) is 11.8 Å². The Balaban J connectivity index is 2.11. The minimum absolute atomic E-state index is 0.150. The van der Waals surface area contributed by atoms with Crippen molar-refractivity contribution >= 4 is 10.8 Å². The molecule has 0 saturated heterocycles. The minimum atomic E-state index is -0.343. The molecule has 0 aliphatic heterocycles. The Bertz CT molecular complexity index is 908. The Morgan fingerprint density at radius 2 is 2.04 bits per heavy atom. The van der Waals surface area contributed by atoms with Gasteiger partial charge in [-0.3, -0.25) is 0 Å². The van der Waals surface area contributed by atoms with E-state index >= 15 is 0 Å². The van der Waals surface area contributed by atoms with Crippen molar-refractivity contribution in [1.82, 2.24) is 0 Å². The molecule has 1 saturated carbocycles. The van der Waals surface area contributed by atoms with Gasteiger partial charge in [0, 0.05) is 10.9 Å². The Morgan fingerprint density at radius 3 is 2.76 bits per heavy atom. The van der Waals surface area contributed by atoms with E-state index in [2.05, 4.69) is 20.8 Å². The molecule has 0 bridgehead atoms. The first-order valence-corrected chi connectivity index (χ1v) is 9.15. The number of hydrogen-bond acceptors (Lipinski definition) is 4. The van der Waals surface area contributed by atoms with E-state index in [9.17, 15) is 9.90 Å². The van der Waals surface area contributed by atoms with Crippen molar-refractivity contribution in [2.45, 2.75) is 58.3 Å². The molecule has 4 rings (SSSR count). The lowest BCUT2D eigenvalue weighted by Gasteiger charge is -2.54. The molecule has 4 heteroatoms. The molecule has 0 radical (unpaired) electrons. The number of benzene rings is 1. The standard InChI is InChI=1S/C21H26O4/c1-20(2)9-5-10-21(3)14(20)7-6-12-15-13(8-11-25-19(15)23)18(24-4)17(22)16(12)21/h8,11,14,22H,5-7,9-10H2,1-4H3/t14-,21-/m0/s1. The molecule has 2 aromatic rings. The van der Waals surface area contributed by atoms with Crippen LogP contribution >= 0.6 is 0 Å². The van der Waals surface area contributed by atoms with Gasteiger partial charge in [0.15, 0.2) is 11.5 Å². The van der Waals surface area contributed by atoms with Gasteiger partial charge in [0.05, 0.1) is 18.8 Å². The molecular weight excluding hydrogens is 316 g/mol. The summed E-state index contributed by atoms with van der Waals surface area (Å²) in [6.07, 6.45) is 6.55. The van der Waals surface area contributed by atoms with Gasteiger partial charge in [-0.15, -0.1) is 0 Å². The molecule has 134 valence electrons. The zero-order chi connectivity index (χ0) is 18.0. The van der Waals surface area contributed by atoms with Crippen LogP contribution in [0.1, 0.15) is 57.6 Å². The summed E-state index contributed by atoms with van der Waals surface area (Å²) >= 11 is 0. The fourth-order valence-corrected chi connectivity index (χ4v) is 5.89. The van der Waals surface area contributed by atoms with Crippen LogP contribution in [0.25, 0.3) is 10.8 Å². The van der Waals surface area contributed by atoms with Crippen molar-refractivity contribution in [1.29, 1.82) is 0 Å². The molecule has 1 aromatic heterocycles. The highest BCUT2D eigenvalue weighted by Gasteiger charge is 2.51. The zero-order valence-corrected chi connectivity index (χ0v) is 15.4. The van der Waals surface area contributed by atoms with E-state index < -0.39 is 0 Å². The van der Waals surface area contributed by atoms with Crippen LogP contribution < -0.4 is 10.4 Å². The molecular formula is C21H26O4. The van der Waals surface area contributed by atoms with E-state index in [1.807, 2.05) is 0 Å². The molecule has 0 amide bonds. The lowest BCUT2D eigenvalue weighted by molar-refractivity contribution is 0.0393. The van der Waals surface area contributed by atoms with Crippen molar-refractivity contribution in [2.75, 3.05) is 7.11 Å². The van der Waals surface area contributed by atoms with Crippen LogP contribution in [0.5, 0.6) is 11.5 Å². The molecule has 1 aromatic carbocycles. The Morgan fingerprint density at radius 1 is 1.28 bits per heavy atom. The summed E-state index contributed by atoms with van der Waals surface area (Å²) in [5.41, 5.74) is 1.60.